The normalized spacial score (nSPS) is 48.8. The number of hydrogen-bond donors (Lipinski definition) is 2. The van der Waals surface area contributed by atoms with Gasteiger partial charge < -0.3 is 15.8 Å². The first-order valence-electron chi connectivity index (χ1n) is 19.9. The van der Waals surface area contributed by atoms with Crippen molar-refractivity contribution in [3.05, 3.63) is 54.1 Å². The summed E-state index contributed by atoms with van der Waals surface area (Å²) in [5, 5.41) is 4.12. The summed E-state index contributed by atoms with van der Waals surface area (Å²) in [6, 6.07) is 9.39. The predicted molar refractivity (Wildman–Crippen MR) is 186 cm³/mol. The molecular formula is C43H58N2O. The fourth-order valence-electron chi connectivity index (χ4n) is 15.5. The van der Waals surface area contributed by atoms with Gasteiger partial charge >= 0.3 is 0 Å². The number of allylic oxidation sites excluding steroid dienone is 3. The first kappa shape index (κ1) is 29.1. The molecule has 1 aromatic rings. The topological polar surface area (TPSA) is 55.1 Å². The van der Waals surface area contributed by atoms with Crippen LogP contribution in [0.25, 0.3) is 0 Å². The van der Waals surface area contributed by atoms with Gasteiger partial charge in [-0.25, -0.2) is 0 Å². The maximum atomic E-state index is 12.9. The van der Waals surface area contributed by atoms with E-state index in [1.54, 1.807) is 5.57 Å². The molecule has 0 saturated heterocycles. The van der Waals surface area contributed by atoms with Gasteiger partial charge in [0.05, 0.1) is 6.04 Å². The smallest absolute Gasteiger partial charge is 0.137 e. The zero-order valence-corrected chi connectivity index (χ0v) is 28.1. The summed E-state index contributed by atoms with van der Waals surface area (Å²) in [4.78, 5) is 12.9. The SMILES string of the molecule is C=C1[C@@H]2C[C@H](C3CCCC3)C[C@H]2[C@@H]2[C@@H](CC13CCCC3)[C@]2([C@@H]1C=C[C@@H]2[C@H](C[C@H]3[C@H]2C[C@H]2CCc4ccccc4N[C@H]23)C1)[C@@H](N)C=O. The van der Waals surface area contributed by atoms with E-state index in [-0.39, 0.29) is 11.5 Å². The number of aryl methyl sites for hydroxylation is 1. The van der Waals surface area contributed by atoms with Crippen molar-refractivity contribution in [2.75, 3.05) is 5.32 Å². The van der Waals surface area contributed by atoms with E-state index in [9.17, 15) is 4.79 Å². The molecule has 0 aromatic heterocycles. The third-order valence-electron chi connectivity index (χ3n) is 17.3. The van der Waals surface area contributed by atoms with Gasteiger partial charge in [0.1, 0.15) is 6.29 Å². The summed E-state index contributed by atoms with van der Waals surface area (Å²) in [5.74, 6) is 8.80. The van der Waals surface area contributed by atoms with Crippen LogP contribution in [-0.2, 0) is 11.2 Å². The third-order valence-corrected chi connectivity index (χ3v) is 17.3. The lowest BCUT2D eigenvalue weighted by Gasteiger charge is -2.42. The van der Waals surface area contributed by atoms with Crippen molar-refractivity contribution in [3.63, 3.8) is 0 Å². The first-order chi connectivity index (χ1) is 22.5. The molecule has 246 valence electrons. The summed E-state index contributed by atoms with van der Waals surface area (Å²) in [7, 11) is 0. The highest BCUT2D eigenvalue weighted by molar-refractivity contribution is 5.62. The lowest BCUT2D eigenvalue weighted by Crippen LogP contribution is -2.44. The first-order valence-corrected chi connectivity index (χ1v) is 19.9. The van der Waals surface area contributed by atoms with Gasteiger partial charge in [0.15, 0.2) is 0 Å². The number of nitrogens with one attached hydrogen (secondary N) is 1. The van der Waals surface area contributed by atoms with Crippen LogP contribution in [0.1, 0.15) is 102 Å². The third kappa shape index (κ3) is 3.96. The van der Waals surface area contributed by atoms with Gasteiger partial charge in [-0.3, -0.25) is 0 Å². The standard InChI is InChI=1S/C43H58N2O/c1-25-33-20-29(26-8-2-3-9-26)21-35(33)40-37(23-42(25)16-6-7-17-42)43(40,39(44)24-46)31-14-15-32-30(18-31)22-36-34(32)19-28-13-12-27-10-4-5-11-38(27)45-41(28)36/h4-5,10-11,14-15,24,26,28-37,39-41,45H,1-3,6-9,12-13,16-23,44H2/t28-,29+,30+,31-,32-,33+,34+,35-,36+,37-,39+,40-,41-,43-/m1/s1. The molecule has 1 spiro atoms. The number of nitrogens with two attached hydrogens (primary N) is 1. The van der Waals surface area contributed by atoms with Crippen molar-refractivity contribution >= 4 is 12.0 Å². The quantitative estimate of drug-likeness (QED) is 0.262. The van der Waals surface area contributed by atoms with Crippen LogP contribution < -0.4 is 11.1 Å². The van der Waals surface area contributed by atoms with Gasteiger partial charge in [0, 0.05) is 17.1 Å². The van der Waals surface area contributed by atoms with Crippen LogP contribution in [-0.4, -0.2) is 18.4 Å². The van der Waals surface area contributed by atoms with Gasteiger partial charge in [-0.2, -0.15) is 0 Å². The molecular weight excluding hydrogens is 560 g/mol. The average Bonchev–Trinajstić information content (AvgIpc) is 3.74. The maximum Gasteiger partial charge on any atom is 0.137 e. The Morgan fingerprint density at radius 1 is 0.848 bits per heavy atom. The number of fused-ring (bicyclic) bond motifs is 9. The Kier molecular flexibility index (Phi) is 6.68. The van der Waals surface area contributed by atoms with Gasteiger partial charge in [0.2, 0.25) is 0 Å². The van der Waals surface area contributed by atoms with Gasteiger partial charge in [-0.15, -0.1) is 0 Å². The molecule has 3 N–H and O–H groups in total. The highest BCUT2D eigenvalue weighted by Gasteiger charge is 2.76. The minimum Gasteiger partial charge on any atom is -0.382 e. The van der Waals surface area contributed by atoms with E-state index < -0.39 is 0 Å². The van der Waals surface area contributed by atoms with Crippen molar-refractivity contribution in [2.45, 2.75) is 115 Å². The molecule has 8 aliphatic carbocycles. The molecule has 0 amide bonds. The lowest BCUT2D eigenvalue weighted by atomic mass is 9.63. The van der Waals surface area contributed by atoms with Gasteiger partial charge in [-0.05, 0) is 152 Å². The van der Waals surface area contributed by atoms with Crippen LogP contribution in [0.3, 0.4) is 0 Å². The van der Waals surface area contributed by atoms with Crippen molar-refractivity contribution in [1.82, 2.24) is 0 Å². The van der Waals surface area contributed by atoms with Gasteiger partial charge in [-0.1, -0.05) is 81.0 Å². The molecule has 1 heterocycles. The summed E-state index contributed by atoms with van der Waals surface area (Å²) in [6.45, 7) is 5.00. The number of aldehydes is 1. The number of carbonyl (C=O) groups excluding carboxylic acids is 1. The van der Waals surface area contributed by atoms with Crippen molar-refractivity contribution in [1.29, 1.82) is 0 Å². The average molecular weight is 619 g/mol. The van der Waals surface area contributed by atoms with Crippen LogP contribution in [0.4, 0.5) is 5.69 Å². The number of para-hydroxylation sites is 1. The highest BCUT2D eigenvalue weighted by Crippen LogP contribution is 2.79. The molecule has 0 radical (unpaired) electrons. The summed E-state index contributed by atoms with van der Waals surface area (Å²) >= 11 is 0. The molecule has 0 bridgehead atoms. The molecule has 7 saturated carbocycles. The maximum absolute atomic E-state index is 12.9. The van der Waals surface area contributed by atoms with E-state index in [2.05, 4.69) is 41.7 Å². The zero-order chi connectivity index (χ0) is 30.8. The predicted octanol–water partition coefficient (Wildman–Crippen LogP) is 8.99. The molecule has 0 unspecified atom stereocenters. The molecule has 14 atom stereocenters. The molecule has 10 rings (SSSR count). The molecule has 46 heavy (non-hydrogen) atoms. The Balaban J connectivity index is 0.961. The molecule has 1 aliphatic heterocycles. The number of carbonyl (C=O) groups is 1. The molecule has 9 aliphatic rings. The minimum absolute atomic E-state index is 0.0211. The number of rotatable bonds is 4. The lowest BCUT2D eigenvalue weighted by molar-refractivity contribution is -0.111. The van der Waals surface area contributed by atoms with E-state index in [1.807, 2.05) is 0 Å². The summed E-state index contributed by atoms with van der Waals surface area (Å²) < 4.78 is 0. The molecule has 7 fully saturated rings. The monoisotopic (exact) mass is 618 g/mol. The largest absolute Gasteiger partial charge is 0.382 e. The number of benzene rings is 1. The van der Waals surface area contributed by atoms with Crippen LogP contribution in [0.2, 0.25) is 0 Å². The van der Waals surface area contributed by atoms with Crippen molar-refractivity contribution in [2.24, 2.45) is 87.6 Å². The Labute approximate surface area is 278 Å². The van der Waals surface area contributed by atoms with Crippen LogP contribution in [0.15, 0.2) is 48.6 Å². The van der Waals surface area contributed by atoms with E-state index >= 15 is 0 Å². The zero-order valence-electron chi connectivity index (χ0n) is 28.1. The minimum atomic E-state index is -0.324. The Morgan fingerprint density at radius 2 is 1.63 bits per heavy atom. The van der Waals surface area contributed by atoms with Crippen molar-refractivity contribution < 1.29 is 4.79 Å². The van der Waals surface area contributed by atoms with Crippen molar-refractivity contribution in [3.8, 4) is 0 Å². The van der Waals surface area contributed by atoms with E-state index in [1.165, 1.54) is 120 Å². The Morgan fingerprint density at radius 3 is 2.46 bits per heavy atom. The molecule has 3 heteroatoms. The van der Waals surface area contributed by atoms with Crippen LogP contribution in [0, 0.1) is 81.8 Å². The van der Waals surface area contributed by atoms with Crippen LogP contribution in [0.5, 0.6) is 0 Å². The van der Waals surface area contributed by atoms with E-state index in [4.69, 9.17) is 12.3 Å². The second-order valence-corrected chi connectivity index (χ2v) is 18.5. The van der Waals surface area contributed by atoms with E-state index in [0.717, 1.165) is 41.4 Å². The fraction of sp³-hybridized carbons (Fsp3) is 0.744. The van der Waals surface area contributed by atoms with E-state index in [0.29, 0.717) is 41.0 Å². The molecule has 3 nitrogen and oxygen atoms in total. The Hall–Kier alpha value is -1.87. The fourth-order valence-corrected chi connectivity index (χ4v) is 15.5. The highest BCUT2D eigenvalue weighted by atomic mass is 16.1. The van der Waals surface area contributed by atoms with Crippen LogP contribution >= 0.6 is 0 Å². The molecule has 1 aromatic carbocycles. The van der Waals surface area contributed by atoms with Gasteiger partial charge in [0.25, 0.3) is 0 Å². The summed E-state index contributed by atoms with van der Waals surface area (Å²) in [5.41, 5.74) is 12.0. The second kappa shape index (κ2) is 10.6. The number of anilines is 1. The summed E-state index contributed by atoms with van der Waals surface area (Å²) in [6.07, 6.45) is 28.4. The second-order valence-electron chi connectivity index (χ2n) is 18.5. The Bertz CT molecular complexity index is 1420. The number of hydrogen-bond acceptors (Lipinski definition) is 3.